The predicted octanol–water partition coefficient (Wildman–Crippen LogP) is 1.39. The summed E-state index contributed by atoms with van der Waals surface area (Å²) in [7, 11) is -2.34. The van der Waals surface area contributed by atoms with Crippen LogP contribution in [0.3, 0.4) is 0 Å². The van der Waals surface area contributed by atoms with Crippen molar-refractivity contribution in [2.45, 2.75) is 23.6 Å². The normalized spacial score (nSPS) is 19.4. The zero-order valence-electron chi connectivity index (χ0n) is 12.8. The van der Waals surface area contributed by atoms with Crippen LogP contribution in [0.4, 0.5) is 13.2 Å². The van der Waals surface area contributed by atoms with Crippen LogP contribution in [0.25, 0.3) is 0 Å². The van der Waals surface area contributed by atoms with Crippen LogP contribution in [0.5, 0.6) is 0 Å². The number of nitrogens with one attached hydrogen (secondary N) is 1. The van der Waals surface area contributed by atoms with Crippen LogP contribution in [-0.2, 0) is 14.8 Å². The molecule has 0 aromatic heterocycles. The Morgan fingerprint density at radius 3 is 2.71 bits per heavy atom. The Kier molecular flexibility index (Phi) is 5.51. The number of alkyl halides is 3. The van der Waals surface area contributed by atoms with E-state index in [1.54, 1.807) is 5.32 Å². The maximum absolute atomic E-state index is 12.5. The molecule has 0 saturated carbocycles. The summed E-state index contributed by atoms with van der Waals surface area (Å²) in [5, 5.41) is 1.71. The third-order valence-corrected chi connectivity index (χ3v) is 5.49. The molecule has 24 heavy (non-hydrogen) atoms. The fourth-order valence-corrected chi connectivity index (χ4v) is 3.87. The van der Waals surface area contributed by atoms with Gasteiger partial charge >= 0.3 is 6.18 Å². The molecule has 10 heteroatoms. The molecule has 0 bridgehead atoms. The highest BCUT2D eigenvalue weighted by atomic mass is 32.2. The highest BCUT2D eigenvalue weighted by Crippen LogP contribution is 2.23. The first kappa shape index (κ1) is 18.7. The molecular weight excluding hydrogens is 349 g/mol. The highest BCUT2D eigenvalue weighted by molar-refractivity contribution is 7.89. The van der Waals surface area contributed by atoms with Gasteiger partial charge in [0.05, 0.1) is 11.0 Å². The second-order valence-electron chi connectivity index (χ2n) is 5.34. The van der Waals surface area contributed by atoms with E-state index in [4.69, 9.17) is 4.74 Å². The number of carbonyl (C=O) groups excluding carboxylic acids is 1. The van der Waals surface area contributed by atoms with E-state index in [0.29, 0.717) is 6.42 Å². The molecule has 134 valence electrons. The Morgan fingerprint density at radius 1 is 1.42 bits per heavy atom. The molecule has 1 N–H and O–H groups in total. The molecule has 1 aliphatic rings. The number of sulfonamides is 1. The largest absolute Gasteiger partial charge is 0.405 e. The number of nitrogens with zero attached hydrogens (tertiary/aromatic N) is 1. The standard InChI is InChI=1S/C14H17F3N2O4S/c1-23-11-5-6-19(8-11)24(21,22)12-4-2-3-10(7-12)13(20)18-9-14(15,16)17/h2-4,7,11H,5-6,8-9H2,1H3,(H,18,20)/t11-/m1/s1. The van der Waals surface area contributed by atoms with Gasteiger partial charge in [-0.25, -0.2) is 8.42 Å². The summed E-state index contributed by atoms with van der Waals surface area (Å²) in [6.07, 6.45) is -4.18. The van der Waals surface area contributed by atoms with Gasteiger partial charge in [-0.2, -0.15) is 17.5 Å². The Labute approximate surface area is 137 Å². The topological polar surface area (TPSA) is 75.7 Å². The van der Waals surface area contributed by atoms with Crippen molar-refractivity contribution in [2.75, 3.05) is 26.7 Å². The van der Waals surface area contributed by atoms with Crippen LogP contribution in [0.15, 0.2) is 29.2 Å². The number of ether oxygens (including phenoxy) is 1. The van der Waals surface area contributed by atoms with E-state index in [2.05, 4.69) is 0 Å². The molecule has 1 aromatic rings. The summed E-state index contributed by atoms with van der Waals surface area (Å²) in [4.78, 5) is 11.6. The molecule has 1 amide bonds. The molecule has 1 heterocycles. The number of carbonyl (C=O) groups is 1. The summed E-state index contributed by atoms with van der Waals surface area (Å²) >= 11 is 0. The minimum Gasteiger partial charge on any atom is -0.380 e. The van der Waals surface area contributed by atoms with Gasteiger partial charge in [0.15, 0.2) is 0 Å². The van der Waals surface area contributed by atoms with E-state index in [9.17, 15) is 26.4 Å². The average molecular weight is 366 g/mol. The van der Waals surface area contributed by atoms with Crippen LogP contribution in [0, 0.1) is 0 Å². The molecule has 1 atom stereocenters. The van der Waals surface area contributed by atoms with Gasteiger partial charge in [0, 0.05) is 25.8 Å². The van der Waals surface area contributed by atoms with E-state index in [0.717, 1.165) is 6.07 Å². The molecule has 0 unspecified atom stereocenters. The van der Waals surface area contributed by atoms with Gasteiger partial charge in [-0.1, -0.05) is 6.07 Å². The Balaban J connectivity index is 2.16. The van der Waals surface area contributed by atoms with E-state index in [1.807, 2.05) is 0 Å². The lowest BCUT2D eigenvalue weighted by molar-refractivity contribution is -0.123. The zero-order chi connectivity index (χ0) is 18.0. The molecule has 1 saturated heterocycles. The van der Waals surface area contributed by atoms with Crippen molar-refractivity contribution < 1.29 is 31.1 Å². The van der Waals surface area contributed by atoms with Gasteiger partial charge in [0.1, 0.15) is 6.54 Å². The first-order valence-corrected chi connectivity index (χ1v) is 8.55. The number of halogens is 3. The zero-order valence-corrected chi connectivity index (χ0v) is 13.7. The number of methoxy groups -OCH3 is 1. The van der Waals surface area contributed by atoms with Crippen LogP contribution in [-0.4, -0.2) is 57.7 Å². The lowest BCUT2D eigenvalue weighted by Crippen LogP contribution is -2.34. The summed E-state index contributed by atoms with van der Waals surface area (Å²) in [6.45, 7) is -1.00. The maximum atomic E-state index is 12.5. The minimum absolute atomic E-state index is 0.140. The minimum atomic E-state index is -4.54. The quantitative estimate of drug-likeness (QED) is 0.855. The third kappa shape index (κ3) is 4.46. The van der Waals surface area contributed by atoms with Gasteiger partial charge in [0.2, 0.25) is 10.0 Å². The molecule has 0 aliphatic carbocycles. The smallest absolute Gasteiger partial charge is 0.380 e. The van der Waals surface area contributed by atoms with Crippen LogP contribution in [0.1, 0.15) is 16.8 Å². The average Bonchev–Trinajstić information content (AvgIpc) is 3.02. The SMILES string of the molecule is CO[C@@H]1CCN(S(=O)(=O)c2cccc(C(=O)NCC(F)(F)F)c2)C1. The number of hydrogen-bond donors (Lipinski definition) is 1. The highest BCUT2D eigenvalue weighted by Gasteiger charge is 2.33. The van der Waals surface area contributed by atoms with Gasteiger partial charge in [-0.3, -0.25) is 4.79 Å². The van der Waals surface area contributed by atoms with Crippen molar-refractivity contribution in [1.29, 1.82) is 0 Å². The van der Waals surface area contributed by atoms with Crippen molar-refractivity contribution in [3.05, 3.63) is 29.8 Å². The predicted molar refractivity (Wildman–Crippen MR) is 79.0 cm³/mol. The first-order valence-electron chi connectivity index (χ1n) is 7.11. The summed E-state index contributed by atoms with van der Waals surface area (Å²) < 4.78 is 67.9. The fraction of sp³-hybridized carbons (Fsp3) is 0.500. The van der Waals surface area contributed by atoms with E-state index in [-0.39, 0.29) is 29.7 Å². The van der Waals surface area contributed by atoms with Crippen LogP contribution >= 0.6 is 0 Å². The second kappa shape index (κ2) is 7.08. The molecule has 1 aliphatic heterocycles. The van der Waals surface area contributed by atoms with Gasteiger partial charge in [-0.15, -0.1) is 0 Å². The molecule has 6 nitrogen and oxygen atoms in total. The number of amides is 1. The van der Waals surface area contributed by atoms with Gasteiger partial charge in [0.25, 0.3) is 5.91 Å². The first-order chi connectivity index (χ1) is 11.1. The molecule has 1 aromatic carbocycles. The van der Waals surface area contributed by atoms with E-state index >= 15 is 0 Å². The van der Waals surface area contributed by atoms with Crippen molar-refractivity contribution in [3.8, 4) is 0 Å². The van der Waals surface area contributed by atoms with E-state index < -0.39 is 28.7 Å². The third-order valence-electron chi connectivity index (χ3n) is 3.62. The summed E-state index contributed by atoms with van der Waals surface area (Å²) in [6, 6.07) is 4.95. The fourth-order valence-electron chi connectivity index (χ4n) is 2.34. The van der Waals surface area contributed by atoms with E-state index in [1.165, 1.54) is 29.6 Å². The van der Waals surface area contributed by atoms with Gasteiger partial charge in [-0.05, 0) is 24.6 Å². The Morgan fingerprint density at radius 2 is 2.12 bits per heavy atom. The molecule has 1 fully saturated rings. The summed E-state index contributed by atoms with van der Waals surface area (Å²) in [5.41, 5.74) is -0.150. The monoisotopic (exact) mass is 366 g/mol. The van der Waals surface area contributed by atoms with Crippen LogP contribution in [0.2, 0.25) is 0 Å². The number of rotatable bonds is 5. The maximum Gasteiger partial charge on any atom is 0.405 e. The Bertz CT molecular complexity index is 706. The number of hydrogen-bond acceptors (Lipinski definition) is 4. The Hall–Kier alpha value is -1.65. The molecular formula is C14H17F3N2O4S. The molecule has 0 spiro atoms. The van der Waals surface area contributed by atoms with Crippen molar-refractivity contribution in [3.63, 3.8) is 0 Å². The number of benzene rings is 1. The van der Waals surface area contributed by atoms with Crippen LogP contribution < -0.4 is 5.32 Å². The molecule has 0 radical (unpaired) electrons. The lowest BCUT2D eigenvalue weighted by atomic mass is 10.2. The van der Waals surface area contributed by atoms with Crippen molar-refractivity contribution >= 4 is 15.9 Å². The summed E-state index contributed by atoms with van der Waals surface area (Å²) in [5.74, 6) is -0.986. The molecule has 2 rings (SSSR count). The van der Waals surface area contributed by atoms with Crippen molar-refractivity contribution in [1.82, 2.24) is 9.62 Å². The van der Waals surface area contributed by atoms with Gasteiger partial charge < -0.3 is 10.1 Å². The second-order valence-corrected chi connectivity index (χ2v) is 7.27. The lowest BCUT2D eigenvalue weighted by Gasteiger charge is -2.17. The van der Waals surface area contributed by atoms with Crippen molar-refractivity contribution in [2.24, 2.45) is 0 Å².